The van der Waals surface area contributed by atoms with E-state index in [2.05, 4.69) is 10.4 Å². The molecule has 1 heterocycles. The summed E-state index contributed by atoms with van der Waals surface area (Å²) in [6, 6.07) is 19.5. The molecule has 1 aromatic heterocycles. The average molecular weight is 390 g/mol. The van der Waals surface area contributed by atoms with Gasteiger partial charge in [0.2, 0.25) is 5.91 Å². The number of nitrogens with zero attached hydrogens (tertiary/aromatic N) is 3. The third-order valence-electron chi connectivity index (χ3n) is 4.32. The van der Waals surface area contributed by atoms with E-state index in [0.717, 1.165) is 11.1 Å². The monoisotopic (exact) mass is 390 g/mol. The predicted molar refractivity (Wildman–Crippen MR) is 111 cm³/mol. The molecule has 0 saturated heterocycles. The number of hydrogen-bond donors (Lipinski definition) is 1. The number of nitrogens with one attached hydrogen (secondary N) is 1. The third kappa shape index (κ3) is 5.38. The second-order valence-electron chi connectivity index (χ2n) is 6.78. The number of aromatic nitrogens is 2. The van der Waals surface area contributed by atoms with Gasteiger partial charge in [-0.1, -0.05) is 48.0 Å². The van der Waals surface area contributed by atoms with Crippen LogP contribution in [-0.4, -0.2) is 40.1 Å². The summed E-state index contributed by atoms with van der Waals surface area (Å²) in [6.45, 7) is 2.09. The van der Waals surface area contributed by atoms with Crippen LogP contribution in [0.3, 0.4) is 0 Å². The predicted octanol–water partition coefficient (Wildman–Crippen LogP) is 2.31. The highest BCUT2D eigenvalue weighted by molar-refractivity contribution is 5.98. The molecule has 2 amide bonds. The highest BCUT2D eigenvalue weighted by atomic mass is 16.2. The first-order valence-corrected chi connectivity index (χ1v) is 9.16. The second-order valence-corrected chi connectivity index (χ2v) is 6.78. The van der Waals surface area contributed by atoms with Crippen LogP contribution in [-0.2, 0) is 11.3 Å². The molecule has 3 aromatic rings. The molecular weight excluding hydrogens is 368 g/mol. The Morgan fingerprint density at radius 3 is 2.38 bits per heavy atom. The molecule has 0 spiro atoms. The minimum Gasteiger partial charge on any atom is -0.331 e. The van der Waals surface area contributed by atoms with E-state index in [9.17, 15) is 14.4 Å². The van der Waals surface area contributed by atoms with Crippen molar-refractivity contribution in [2.75, 3.05) is 18.9 Å². The Labute approximate surface area is 168 Å². The van der Waals surface area contributed by atoms with Crippen molar-refractivity contribution >= 4 is 17.5 Å². The summed E-state index contributed by atoms with van der Waals surface area (Å²) in [7, 11) is 1.52. The molecule has 7 heteroatoms. The fourth-order valence-electron chi connectivity index (χ4n) is 2.75. The first kappa shape index (κ1) is 20.0. The van der Waals surface area contributed by atoms with Gasteiger partial charge in [0.15, 0.2) is 0 Å². The number of benzene rings is 2. The molecule has 2 aromatic carbocycles. The number of aryl methyl sites for hydroxylation is 1. The van der Waals surface area contributed by atoms with Crippen LogP contribution in [0, 0.1) is 6.92 Å². The average Bonchev–Trinajstić information content (AvgIpc) is 2.71. The Hall–Kier alpha value is -3.74. The summed E-state index contributed by atoms with van der Waals surface area (Å²) in [5.74, 6) is -0.756. The molecular formula is C22H22N4O3. The van der Waals surface area contributed by atoms with Gasteiger partial charge in [-0.05, 0) is 30.7 Å². The van der Waals surface area contributed by atoms with Crippen LogP contribution in [0.4, 0.5) is 5.69 Å². The number of carbonyl (C=O) groups excluding carboxylic acids is 2. The number of carbonyl (C=O) groups is 2. The van der Waals surface area contributed by atoms with Crippen LogP contribution in [0.1, 0.15) is 21.6 Å². The van der Waals surface area contributed by atoms with Crippen molar-refractivity contribution < 1.29 is 9.59 Å². The lowest BCUT2D eigenvalue weighted by molar-refractivity contribution is -0.116. The molecule has 0 aliphatic carbocycles. The van der Waals surface area contributed by atoms with Crippen LogP contribution in [0.5, 0.6) is 0 Å². The van der Waals surface area contributed by atoms with Gasteiger partial charge in [0.05, 0.1) is 13.1 Å². The van der Waals surface area contributed by atoms with Gasteiger partial charge in [-0.25, -0.2) is 4.68 Å². The molecule has 0 radical (unpaired) electrons. The summed E-state index contributed by atoms with van der Waals surface area (Å²) in [4.78, 5) is 38.2. The molecule has 1 N–H and O–H groups in total. The first-order chi connectivity index (χ1) is 13.9. The van der Waals surface area contributed by atoms with Gasteiger partial charge in [-0.2, -0.15) is 5.10 Å². The topological polar surface area (TPSA) is 84.3 Å². The number of hydrogen-bond acceptors (Lipinski definition) is 4. The molecule has 0 unspecified atom stereocenters. The summed E-state index contributed by atoms with van der Waals surface area (Å²) in [6.07, 6.45) is 0. The zero-order valence-electron chi connectivity index (χ0n) is 16.3. The lowest BCUT2D eigenvalue weighted by atomic mass is 10.2. The Bertz CT molecular complexity index is 1060. The third-order valence-corrected chi connectivity index (χ3v) is 4.32. The fraction of sp³-hybridized carbons (Fsp3) is 0.182. The number of anilines is 1. The molecule has 0 aliphatic heterocycles. The SMILES string of the molecule is Cc1ccc(NC(=O)CN(C)C(=O)c2ccc(=O)n(Cc3ccccc3)n2)cc1. The van der Waals surface area contributed by atoms with Crippen molar-refractivity contribution in [3.8, 4) is 0 Å². The van der Waals surface area contributed by atoms with Crippen LogP contribution in [0.15, 0.2) is 71.5 Å². The quantitative estimate of drug-likeness (QED) is 0.700. The molecule has 148 valence electrons. The molecule has 0 atom stereocenters. The lowest BCUT2D eigenvalue weighted by Crippen LogP contribution is -2.36. The van der Waals surface area contributed by atoms with Crippen molar-refractivity contribution in [2.24, 2.45) is 0 Å². The number of likely N-dealkylation sites (N-methyl/N-ethyl adjacent to an activating group) is 1. The molecule has 3 rings (SSSR count). The molecule has 7 nitrogen and oxygen atoms in total. The maximum atomic E-state index is 12.7. The Balaban J connectivity index is 1.67. The Morgan fingerprint density at radius 1 is 1.00 bits per heavy atom. The van der Waals surface area contributed by atoms with Crippen molar-refractivity contribution in [3.05, 3.63) is 93.9 Å². The van der Waals surface area contributed by atoms with Gasteiger partial charge in [-0.15, -0.1) is 0 Å². The van der Waals surface area contributed by atoms with Gasteiger partial charge in [0, 0.05) is 18.8 Å². The van der Waals surface area contributed by atoms with Crippen molar-refractivity contribution in [3.63, 3.8) is 0 Å². The van der Waals surface area contributed by atoms with Gasteiger partial charge in [0.25, 0.3) is 11.5 Å². The Morgan fingerprint density at radius 2 is 1.69 bits per heavy atom. The van der Waals surface area contributed by atoms with Crippen LogP contribution >= 0.6 is 0 Å². The van der Waals surface area contributed by atoms with E-state index >= 15 is 0 Å². The first-order valence-electron chi connectivity index (χ1n) is 9.16. The van der Waals surface area contributed by atoms with E-state index < -0.39 is 5.91 Å². The van der Waals surface area contributed by atoms with E-state index in [0.29, 0.717) is 5.69 Å². The molecule has 0 saturated carbocycles. The standard InChI is InChI=1S/C22H22N4O3/c1-16-8-10-18(11-9-16)23-20(27)15-25(2)22(29)19-12-13-21(28)26(24-19)14-17-6-4-3-5-7-17/h3-13H,14-15H2,1-2H3,(H,23,27). The van der Waals surface area contributed by atoms with Gasteiger partial charge in [0.1, 0.15) is 5.69 Å². The second kappa shape index (κ2) is 8.97. The van der Waals surface area contributed by atoms with E-state index in [4.69, 9.17) is 0 Å². The van der Waals surface area contributed by atoms with Crippen molar-refractivity contribution in [1.82, 2.24) is 14.7 Å². The maximum absolute atomic E-state index is 12.7. The van der Waals surface area contributed by atoms with E-state index in [1.807, 2.05) is 49.4 Å². The summed E-state index contributed by atoms with van der Waals surface area (Å²) >= 11 is 0. The van der Waals surface area contributed by atoms with Gasteiger partial charge >= 0.3 is 0 Å². The zero-order valence-corrected chi connectivity index (χ0v) is 16.3. The maximum Gasteiger partial charge on any atom is 0.274 e. The van der Waals surface area contributed by atoms with Crippen LogP contribution in [0.25, 0.3) is 0 Å². The minimum absolute atomic E-state index is 0.103. The van der Waals surface area contributed by atoms with Gasteiger partial charge in [-0.3, -0.25) is 14.4 Å². The van der Waals surface area contributed by atoms with E-state index in [1.54, 1.807) is 12.1 Å². The van der Waals surface area contributed by atoms with E-state index in [-0.39, 0.29) is 30.2 Å². The number of rotatable bonds is 6. The molecule has 0 bridgehead atoms. The minimum atomic E-state index is -0.439. The smallest absolute Gasteiger partial charge is 0.274 e. The van der Waals surface area contributed by atoms with Crippen LogP contribution < -0.4 is 10.9 Å². The zero-order chi connectivity index (χ0) is 20.8. The molecule has 0 fully saturated rings. The highest BCUT2D eigenvalue weighted by Crippen LogP contribution is 2.09. The van der Waals surface area contributed by atoms with Crippen molar-refractivity contribution in [2.45, 2.75) is 13.5 Å². The molecule has 0 aliphatic rings. The largest absolute Gasteiger partial charge is 0.331 e. The summed E-state index contributed by atoms with van der Waals surface area (Å²) in [5.41, 5.74) is 2.46. The lowest BCUT2D eigenvalue weighted by Gasteiger charge is -2.17. The van der Waals surface area contributed by atoms with Crippen LogP contribution in [0.2, 0.25) is 0 Å². The summed E-state index contributed by atoms with van der Waals surface area (Å²) < 4.78 is 1.24. The van der Waals surface area contributed by atoms with Crippen molar-refractivity contribution in [1.29, 1.82) is 0 Å². The normalized spacial score (nSPS) is 10.4. The molecule has 29 heavy (non-hydrogen) atoms. The Kier molecular flexibility index (Phi) is 6.19. The van der Waals surface area contributed by atoms with Gasteiger partial charge < -0.3 is 10.2 Å². The number of amides is 2. The summed E-state index contributed by atoms with van der Waals surface area (Å²) in [5, 5.41) is 6.92. The highest BCUT2D eigenvalue weighted by Gasteiger charge is 2.17. The van der Waals surface area contributed by atoms with E-state index in [1.165, 1.54) is 28.8 Å². The fourth-order valence-corrected chi connectivity index (χ4v) is 2.75.